The number of aryl methyl sites for hydroxylation is 1. The highest BCUT2D eigenvalue weighted by Crippen LogP contribution is 2.38. The van der Waals surface area contributed by atoms with Gasteiger partial charge in [-0.15, -0.1) is 0 Å². The van der Waals surface area contributed by atoms with Gasteiger partial charge in [0.05, 0.1) is 64.0 Å². The molecule has 0 saturated heterocycles. The van der Waals surface area contributed by atoms with E-state index in [2.05, 4.69) is 15.4 Å². The fourth-order valence-corrected chi connectivity index (χ4v) is 7.17. The Morgan fingerprint density at radius 3 is 2.28 bits per heavy atom. The summed E-state index contributed by atoms with van der Waals surface area (Å²) in [6, 6.07) is 12.3. The molecule has 0 bridgehead atoms. The number of sulfonamides is 1. The van der Waals surface area contributed by atoms with E-state index in [0.29, 0.717) is 29.5 Å². The third-order valence-corrected chi connectivity index (χ3v) is 9.87. The molecule has 282 valence electrons. The number of fused-ring (bicyclic) bond motifs is 2. The molecule has 54 heavy (non-hydrogen) atoms. The summed E-state index contributed by atoms with van der Waals surface area (Å²) in [4.78, 5) is 31.0. The van der Waals surface area contributed by atoms with E-state index in [4.69, 9.17) is 16.3 Å². The van der Waals surface area contributed by atoms with Crippen LogP contribution in [-0.4, -0.2) is 52.3 Å². The van der Waals surface area contributed by atoms with Crippen molar-refractivity contribution in [1.82, 2.24) is 24.6 Å². The summed E-state index contributed by atoms with van der Waals surface area (Å²) >= 11 is 6.71. The van der Waals surface area contributed by atoms with Gasteiger partial charge in [0.2, 0.25) is 10.0 Å². The van der Waals surface area contributed by atoms with E-state index >= 15 is 0 Å². The lowest BCUT2D eigenvalue weighted by Gasteiger charge is -2.23. The summed E-state index contributed by atoms with van der Waals surface area (Å²) in [7, 11) is -1.18. The lowest BCUT2D eigenvalue weighted by Crippen LogP contribution is -2.35. The Balaban J connectivity index is 1.65. The number of nitrogens with one attached hydrogen (secondary N) is 1. The topological polar surface area (TPSA) is 149 Å². The third kappa shape index (κ3) is 7.52. The van der Waals surface area contributed by atoms with Crippen LogP contribution in [0.4, 0.5) is 32.6 Å². The van der Waals surface area contributed by atoms with Crippen LogP contribution in [-0.2, 0) is 36.2 Å². The summed E-state index contributed by atoms with van der Waals surface area (Å²) in [5.74, 6) is -2.08. The Hall–Kier alpha value is -5.75. The lowest BCUT2D eigenvalue weighted by atomic mass is 10.0. The number of hydrogen-bond donors (Lipinski definition) is 2. The van der Waals surface area contributed by atoms with Crippen LogP contribution < -0.4 is 19.9 Å². The maximum absolute atomic E-state index is 14.5. The second kappa shape index (κ2) is 14.2. The number of carbonyl (C=O) groups is 1. The van der Waals surface area contributed by atoms with Crippen LogP contribution in [0.15, 0.2) is 77.6 Å². The van der Waals surface area contributed by atoms with Gasteiger partial charge in [0, 0.05) is 19.5 Å². The molecule has 19 heteroatoms. The van der Waals surface area contributed by atoms with Gasteiger partial charge < -0.3 is 15.2 Å². The van der Waals surface area contributed by atoms with Crippen LogP contribution in [0.2, 0.25) is 5.02 Å². The van der Waals surface area contributed by atoms with E-state index in [1.54, 1.807) is 24.3 Å². The molecule has 0 unspecified atom stereocenters. The monoisotopic (exact) mass is 790 g/mol. The molecule has 2 aromatic heterocycles. The molecule has 4 aromatic carbocycles. The maximum atomic E-state index is 14.5. The number of methoxy groups -OCH3 is 1. The molecule has 0 fully saturated rings. The number of hydrogen-bond acceptors (Lipinski definition) is 7. The van der Waals surface area contributed by atoms with Crippen LogP contribution in [0.3, 0.4) is 0 Å². The minimum Gasteiger partial charge on any atom is -0.497 e. The molecule has 0 aliphatic heterocycles. The number of rotatable bonds is 10. The lowest BCUT2D eigenvalue weighted by molar-refractivity contribution is -0.137. The summed E-state index contributed by atoms with van der Waals surface area (Å²) in [6.45, 7) is -0.214. The molecule has 1 amide bonds. The first-order valence-corrected chi connectivity index (χ1v) is 17.9. The summed E-state index contributed by atoms with van der Waals surface area (Å²) < 4.78 is 105. The van der Waals surface area contributed by atoms with Crippen molar-refractivity contribution < 1.29 is 45.0 Å². The Bertz CT molecular complexity index is 2600. The van der Waals surface area contributed by atoms with Gasteiger partial charge in [0.25, 0.3) is 5.56 Å². The second-order valence-corrected chi connectivity index (χ2v) is 14.5. The quantitative estimate of drug-likeness (QED) is 0.145. The standard InChI is InChI=1S/C35H28ClF5N6O6S/c1-45-30-28(11-10-25(36)29(30)32(44-45)46(54(3,51)52)17-18-4-7-23(53-2)8-5-18)47-31(27(43-34(49)50)14-19-12-21(37)16-22(38)13-19)42-26-15-20(35(39,40)41)6-9-24(26)33(47)48/h4-13,15-16,27,43H,14,17H2,1-3H3,(H,49,50)/t27-/m0/s1. The normalized spacial score (nSPS) is 12.6. The third-order valence-electron chi connectivity index (χ3n) is 8.45. The van der Waals surface area contributed by atoms with Crippen LogP contribution in [0.25, 0.3) is 27.5 Å². The highest BCUT2D eigenvalue weighted by Gasteiger charge is 2.33. The summed E-state index contributed by atoms with van der Waals surface area (Å²) in [5, 5.41) is 16.2. The molecule has 6 aromatic rings. The highest BCUT2D eigenvalue weighted by molar-refractivity contribution is 7.92. The van der Waals surface area contributed by atoms with Crippen molar-refractivity contribution in [2.45, 2.75) is 25.2 Å². The Kier molecular flexibility index (Phi) is 10.0. The number of anilines is 1. The van der Waals surface area contributed by atoms with Crippen LogP contribution >= 0.6 is 11.6 Å². The average Bonchev–Trinajstić information content (AvgIpc) is 3.43. The van der Waals surface area contributed by atoms with Crippen molar-refractivity contribution >= 4 is 55.3 Å². The smallest absolute Gasteiger partial charge is 0.416 e. The van der Waals surface area contributed by atoms with Gasteiger partial charge >= 0.3 is 12.3 Å². The van der Waals surface area contributed by atoms with Gasteiger partial charge in [0.15, 0.2) is 5.82 Å². The van der Waals surface area contributed by atoms with Gasteiger partial charge in [0.1, 0.15) is 23.2 Å². The molecule has 2 heterocycles. The number of alkyl halides is 3. The van der Waals surface area contributed by atoms with Crippen LogP contribution in [0, 0.1) is 11.6 Å². The second-order valence-electron chi connectivity index (χ2n) is 12.2. The average molecular weight is 791 g/mol. The zero-order valence-electron chi connectivity index (χ0n) is 28.3. The van der Waals surface area contributed by atoms with Gasteiger partial charge in [-0.3, -0.25) is 14.0 Å². The number of halogens is 6. The molecular formula is C35H28ClF5N6O6S. The van der Waals surface area contributed by atoms with E-state index in [0.717, 1.165) is 33.3 Å². The number of nitrogens with zero attached hydrogens (tertiary/aromatic N) is 5. The van der Waals surface area contributed by atoms with Crippen molar-refractivity contribution in [3.63, 3.8) is 0 Å². The van der Waals surface area contributed by atoms with Gasteiger partial charge in [-0.05, 0) is 65.7 Å². The minimum absolute atomic E-state index is 0.00570. The van der Waals surface area contributed by atoms with Gasteiger partial charge in [-0.25, -0.2) is 31.3 Å². The molecule has 2 N–H and O–H groups in total. The fourth-order valence-electron chi connectivity index (χ4n) is 6.11. The number of ether oxygens (including phenoxy) is 1. The SMILES string of the molecule is COc1ccc(CN(c2nn(C)c3c(-n4c([C@H](Cc5cc(F)cc(F)c5)NC(=O)O)nc5cc(C(F)(F)F)ccc5c4=O)ccc(Cl)c23)S(C)(=O)=O)cc1. The molecule has 1 atom stereocenters. The molecular weight excluding hydrogens is 763 g/mol. The van der Waals surface area contributed by atoms with Crippen LogP contribution in [0.5, 0.6) is 5.75 Å². The fraction of sp³-hybridized carbons (Fsp3) is 0.200. The molecule has 0 aliphatic rings. The van der Waals surface area contributed by atoms with E-state index in [1.807, 2.05) is 0 Å². The Labute approximate surface area is 308 Å². The molecule has 6 rings (SSSR count). The maximum Gasteiger partial charge on any atom is 0.416 e. The van der Waals surface area contributed by atoms with Crippen LogP contribution in [0.1, 0.15) is 28.6 Å². The Morgan fingerprint density at radius 1 is 1.02 bits per heavy atom. The van der Waals surface area contributed by atoms with Crippen molar-refractivity contribution in [3.8, 4) is 11.4 Å². The molecule has 0 saturated carbocycles. The predicted molar refractivity (Wildman–Crippen MR) is 190 cm³/mol. The first kappa shape index (κ1) is 38.0. The number of carboxylic acid groups (broad SMARTS) is 1. The van der Waals surface area contributed by atoms with Crippen molar-refractivity contribution in [2.24, 2.45) is 7.05 Å². The van der Waals surface area contributed by atoms with Crippen molar-refractivity contribution in [1.29, 1.82) is 0 Å². The van der Waals surface area contributed by atoms with E-state index < -0.39 is 68.9 Å². The first-order chi connectivity index (χ1) is 25.3. The van der Waals surface area contributed by atoms with Gasteiger partial charge in [-0.1, -0.05) is 23.7 Å². The Morgan fingerprint density at radius 2 is 1.69 bits per heavy atom. The molecule has 12 nitrogen and oxygen atoms in total. The zero-order chi connectivity index (χ0) is 39.3. The number of benzene rings is 4. The number of amides is 1. The molecule has 0 radical (unpaired) electrons. The molecule has 0 aliphatic carbocycles. The predicted octanol–water partition coefficient (Wildman–Crippen LogP) is 6.75. The largest absolute Gasteiger partial charge is 0.497 e. The summed E-state index contributed by atoms with van der Waals surface area (Å²) in [6.07, 6.45) is -6.06. The summed E-state index contributed by atoms with van der Waals surface area (Å²) in [5.41, 5.74) is -2.14. The van der Waals surface area contributed by atoms with E-state index in [1.165, 1.54) is 31.0 Å². The number of aromatic nitrogens is 4. The van der Waals surface area contributed by atoms with Gasteiger partial charge in [-0.2, -0.15) is 18.3 Å². The first-order valence-electron chi connectivity index (χ1n) is 15.7. The highest BCUT2D eigenvalue weighted by atomic mass is 35.5. The van der Waals surface area contributed by atoms with Crippen molar-refractivity contribution in [2.75, 3.05) is 17.7 Å². The van der Waals surface area contributed by atoms with E-state index in [-0.39, 0.29) is 44.9 Å². The van der Waals surface area contributed by atoms with Crippen molar-refractivity contribution in [3.05, 3.63) is 122 Å². The zero-order valence-corrected chi connectivity index (χ0v) is 29.9. The van der Waals surface area contributed by atoms with E-state index in [9.17, 15) is 45.1 Å². The molecule has 0 spiro atoms. The minimum atomic E-state index is -4.84.